The van der Waals surface area contributed by atoms with E-state index in [1.807, 2.05) is 17.7 Å². The molecule has 3 rings (SSSR count). The summed E-state index contributed by atoms with van der Waals surface area (Å²) < 4.78 is 39.6. The first-order valence-corrected chi connectivity index (χ1v) is 13.1. The summed E-state index contributed by atoms with van der Waals surface area (Å²) in [7, 11) is -3.83. The van der Waals surface area contributed by atoms with E-state index in [1.165, 1.54) is 24.3 Å². The summed E-state index contributed by atoms with van der Waals surface area (Å²) in [4.78, 5) is 4.12. The van der Waals surface area contributed by atoms with Gasteiger partial charge < -0.3 is 14.0 Å². The van der Waals surface area contributed by atoms with Gasteiger partial charge in [0.25, 0.3) is 0 Å². The van der Waals surface area contributed by atoms with Crippen LogP contribution in [-0.2, 0) is 16.4 Å². The van der Waals surface area contributed by atoms with Gasteiger partial charge in [0.1, 0.15) is 5.75 Å². The summed E-state index contributed by atoms with van der Waals surface area (Å²) in [5.41, 5.74) is 0. The molecule has 0 bridgehead atoms. The standard InChI is InChI=1S/C23H25Cl3N2O4S/c1-16(11-24)13-32-23-21(25)9-20(10-22(23)26)33(29,30)19-5-3-18(4-6-19)31-14-17(2)12-28-8-7-27-15-28/h3-10,15-17H,11-14H2,1-2H3/t16-,17+/m1/s1. The number of rotatable bonds is 11. The number of hydrogen-bond acceptors (Lipinski definition) is 5. The zero-order valence-electron chi connectivity index (χ0n) is 18.2. The van der Waals surface area contributed by atoms with Crippen molar-refractivity contribution < 1.29 is 17.9 Å². The number of benzene rings is 2. The molecule has 0 radical (unpaired) electrons. The minimum Gasteiger partial charge on any atom is -0.493 e. The van der Waals surface area contributed by atoms with Crippen LogP contribution < -0.4 is 9.47 Å². The van der Waals surface area contributed by atoms with E-state index in [2.05, 4.69) is 11.9 Å². The Kier molecular flexibility index (Phi) is 8.93. The lowest BCUT2D eigenvalue weighted by molar-refractivity contribution is 0.244. The highest BCUT2D eigenvalue weighted by Gasteiger charge is 2.22. The number of ether oxygens (including phenoxy) is 2. The Morgan fingerprint density at radius 3 is 2.18 bits per heavy atom. The molecule has 3 aromatic rings. The predicted molar refractivity (Wildman–Crippen MR) is 131 cm³/mol. The monoisotopic (exact) mass is 530 g/mol. The molecule has 0 aliphatic heterocycles. The summed E-state index contributed by atoms with van der Waals surface area (Å²) in [6, 6.07) is 8.94. The summed E-state index contributed by atoms with van der Waals surface area (Å²) >= 11 is 18.3. The van der Waals surface area contributed by atoms with Crippen LogP contribution in [0.2, 0.25) is 10.0 Å². The van der Waals surface area contributed by atoms with Gasteiger partial charge in [-0.15, -0.1) is 11.6 Å². The molecule has 0 saturated heterocycles. The zero-order chi connectivity index (χ0) is 24.0. The van der Waals surface area contributed by atoms with Crippen molar-refractivity contribution in [3.8, 4) is 11.5 Å². The lowest BCUT2D eigenvalue weighted by Gasteiger charge is -2.15. The third-order valence-corrected chi connectivity index (χ3v) is 7.65. The minimum atomic E-state index is -3.83. The average molecular weight is 532 g/mol. The molecule has 33 heavy (non-hydrogen) atoms. The van der Waals surface area contributed by atoms with E-state index in [-0.39, 0.29) is 37.4 Å². The molecule has 0 aliphatic rings. The van der Waals surface area contributed by atoms with E-state index in [0.29, 0.717) is 24.8 Å². The Balaban J connectivity index is 1.68. The Hall–Kier alpha value is -1.93. The molecule has 0 aliphatic carbocycles. The van der Waals surface area contributed by atoms with Gasteiger partial charge in [-0.1, -0.05) is 37.0 Å². The molecular formula is C23H25Cl3N2O4S. The van der Waals surface area contributed by atoms with Crippen LogP contribution in [0.3, 0.4) is 0 Å². The Morgan fingerprint density at radius 1 is 0.970 bits per heavy atom. The maximum absolute atomic E-state index is 13.1. The van der Waals surface area contributed by atoms with Gasteiger partial charge in [0.15, 0.2) is 5.75 Å². The first-order chi connectivity index (χ1) is 15.7. The van der Waals surface area contributed by atoms with E-state index in [9.17, 15) is 8.42 Å². The van der Waals surface area contributed by atoms with Gasteiger partial charge in [-0.25, -0.2) is 13.4 Å². The Labute approximate surface area is 209 Å². The van der Waals surface area contributed by atoms with Gasteiger partial charge in [0.2, 0.25) is 9.84 Å². The molecule has 0 spiro atoms. The van der Waals surface area contributed by atoms with Crippen LogP contribution in [0.1, 0.15) is 13.8 Å². The SMILES string of the molecule is C[C@H](CCl)COc1c(Cl)cc(S(=O)(=O)c2ccc(OC[C@@H](C)Cn3ccnc3)cc2)cc1Cl. The molecule has 0 fully saturated rings. The average Bonchev–Trinajstić information content (AvgIpc) is 3.30. The fourth-order valence-corrected chi connectivity index (χ4v) is 5.12. The molecular weight excluding hydrogens is 507 g/mol. The van der Waals surface area contributed by atoms with Crippen molar-refractivity contribution in [2.45, 2.75) is 30.2 Å². The first-order valence-electron chi connectivity index (χ1n) is 10.3. The second-order valence-corrected chi connectivity index (χ2v) is 11.0. The molecule has 1 heterocycles. The summed E-state index contributed by atoms with van der Waals surface area (Å²) in [5.74, 6) is 1.59. The van der Waals surface area contributed by atoms with E-state index in [4.69, 9.17) is 44.3 Å². The van der Waals surface area contributed by atoms with Crippen molar-refractivity contribution in [2.24, 2.45) is 11.8 Å². The topological polar surface area (TPSA) is 70.4 Å². The summed E-state index contributed by atoms with van der Waals surface area (Å²) in [5, 5.41) is 0.240. The highest BCUT2D eigenvalue weighted by molar-refractivity contribution is 7.91. The number of imidazole rings is 1. The number of hydrogen-bond donors (Lipinski definition) is 0. The number of halogens is 3. The van der Waals surface area contributed by atoms with Gasteiger partial charge in [0, 0.05) is 36.7 Å². The van der Waals surface area contributed by atoms with Crippen molar-refractivity contribution in [1.82, 2.24) is 9.55 Å². The van der Waals surface area contributed by atoms with Crippen molar-refractivity contribution in [2.75, 3.05) is 19.1 Å². The van der Waals surface area contributed by atoms with Gasteiger partial charge in [-0.05, 0) is 36.4 Å². The van der Waals surface area contributed by atoms with Crippen LogP contribution in [-0.4, -0.2) is 37.1 Å². The fraction of sp³-hybridized carbons (Fsp3) is 0.348. The predicted octanol–water partition coefficient (Wildman–Crippen LogP) is 5.99. The Morgan fingerprint density at radius 2 is 1.61 bits per heavy atom. The van der Waals surface area contributed by atoms with Crippen LogP contribution in [0.15, 0.2) is 64.9 Å². The minimum absolute atomic E-state index is 0.0159. The molecule has 0 amide bonds. The molecule has 0 unspecified atom stereocenters. The van der Waals surface area contributed by atoms with Gasteiger partial charge in [-0.2, -0.15) is 0 Å². The summed E-state index contributed by atoms with van der Waals surface area (Å²) in [6.07, 6.45) is 5.39. The molecule has 0 N–H and O–H groups in total. The largest absolute Gasteiger partial charge is 0.493 e. The third-order valence-electron chi connectivity index (χ3n) is 4.81. The van der Waals surface area contributed by atoms with Crippen LogP contribution in [0.25, 0.3) is 0 Å². The van der Waals surface area contributed by atoms with Crippen LogP contribution in [0.5, 0.6) is 11.5 Å². The van der Waals surface area contributed by atoms with Gasteiger partial charge in [0.05, 0.1) is 39.4 Å². The highest BCUT2D eigenvalue weighted by Crippen LogP contribution is 2.37. The normalized spacial score (nSPS) is 13.5. The summed E-state index contributed by atoms with van der Waals surface area (Å²) in [6.45, 7) is 5.56. The number of aromatic nitrogens is 2. The van der Waals surface area contributed by atoms with Crippen LogP contribution in [0.4, 0.5) is 0 Å². The Bertz CT molecular complexity index is 1130. The van der Waals surface area contributed by atoms with Crippen molar-refractivity contribution in [3.05, 3.63) is 65.2 Å². The van der Waals surface area contributed by atoms with Crippen molar-refractivity contribution in [3.63, 3.8) is 0 Å². The third kappa shape index (κ3) is 6.79. The quantitative estimate of drug-likeness (QED) is 0.284. The van der Waals surface area contributed by atoms with E-state index >= 15 is 0 Å². The van der Waals surface area contributed by atoms with Crippen molar-refractivity contribution >= 4 is 44.6 Å². The van der Waals surface area contributed by atoms with E-state index in [0.717, 1.165) is 6.54 Å². The van der Waals surface area contributed by atoms with Crippen molar-refractivity contribution in [1.29, 1.82) is 0 Å². The van der Waals surface area contributed by atoms with E-state index in [1.54, 1.807) is 24.7 Å². The molecule has 0 saturated carbocycles. The molecule has 6 nitrogen and oxygen atoms in total. The molecule has 10 heteroatoms. The number of nitrogens with zero attached hydrogens (tertiary/aromatic N) is 2. The van der Waals surface area contributed by atoms with Crippen LogP contribution in [0, 0.1) is 11.8 Å². The highest BCUT2D eigenvalue weighted by atomic mass is 35.5. The second kappa shape index (κ2) is 11.5. The lowest BCUT2D eigenvalue weighted by Crippen LogP contribution is -2.14. The maximum Gasteiger partial charge on any atom is 0.206 e. The van der Waals surface area contributed by atoms with Crippen LogP contribution >= 0.6 is 34.8 Å². The lowest BCUT2D eigenvalue weighted by atomic mass is 10.2. The first kappa shape index (κ1) is 25.7. The smallest absolute Gasteiger partial charge is 0.206 e. The molecule has 1 aromatic heterocycles. The van der Waals surface area contributed by atoms with E-state index < -0.39 is 9.84 Å². The van der Waals surface area contributed by atoms with Gasteiger partial charge >= 0.3 is 0 Å². The number of sulfone groups is 1. The second-order valence-electron chi connectivity index (χ2n) is 7.94. The molecule has 178 valence electrons. The zero-order valence-corrected chi connectivity index (χ0v) is 21.3. The maximum atomic E-state index is 13.1. The fourth-order valence-electron chi connectivity index (χ4n) is 3.00. The number of alkyl halides is 1. The molecule has 2 aromatic carbocycles. The van der Waals surface area contributed by atoms with Gasteiger partial charge in [-0.3, -0.25) is 0 Å². The molecule has 2 atom stereocenters.